The van der Waals surface area contributed by atoms with Gasteiger partial charge >= 0.3 is 0 Å². The molecule has 0 bridgehead atoms. The lowest BCUT2D eigenvalue weighted by atomic mass is 10.4. The largest absolute Gasteiger partial charge is 0.265 e. The molecule has 5 nitrogen and oxygen atoms in total. The van der Waals surface area contributed by atoms with Crippen LogP contribution in [0.1, 0.15) is 0 Å². The van der Waals surface area contributed by atoms with E-state index in [4.69, 9.17) is 0 Å². The summed E-state index contributed by atoms with van der Waals surface area (Å²) in [6.45, 7) is 0. The van der Waals surface area contributed by atoms with E-state index in [0.717, 1.165) is 15.8 Å². The van der Waals surface area contributed by atoms with Crippen LogP contribution in [0.25, 0.3) is 0 Å². The maximum Gasteiger partial charge on any atom is 0.265 e. The molecular weight excluding hydrogens is 246 g/mol. The minimum absolute atomic E-state index is 0.243. The molecule has 0 fully saturated rings. The molecule has 0 amide bonds. The van der Waals surface area contributed by atoms with Crippen molar-refractivity contribution in [3.8, 4) is 0 Å². The Morgan fingerprint density at radius 3 is 2.50 bits per heavy atom. The van der Waals surface area contributed by atoms with E-state index >= 15 is 0 Å². The van der Waals surface area contributed by atoms with E-state index in [0.29, 0.717) is 5.13 Å². The van der Waals surface area contributed by atoms with Crippen LogP contribution in [0.4, 0.5) is 5.13 Å². The van der Waals surface area contributed by atoms with E-state index in [1.54, 1.807) is 30.3 Å². The lowest BCUT2D eigenvalue weighted by molar-refractivity contribution is 0.594. The summed E-state index contributed by atoms with van der Waals surface area (Å²) in [5.41, 5.74) is 0. The average Bonchev–Trinajstić information content (AvgIpc) is 2.82. The summed E-state index contributed by atoms with van der Waals surface area (Å²) in [6, 6.07) is 8.23. The number of aromatic nitrogens is 2. The zero-order valence-corrected chi connectivity index (χ0v) is 10.1. The summed E-state index contributed by atoms with van der Waals surface area (Å²) < 4.78 is 29.1. The second-order valence-corrected chi connectivity index (χ2v) is 5.74. The van der Waals surface area contributed by atoms with E-state index < -0.39 is 10.0 Å². The summed E-state index contributed by atoms with van der Waals surface area (Å²) in [5.74, 6) is 0. The summed E-state index contributed by atoms with van der Waals surface area (Å²) in [7, 11) is -2.06. The van der Waals surface area contributed by atoms with Gasteiger partial charge in [-0.05, 0) is 12.1 Å². The maximum absolute atomic E-state index is 12.1. The molecule has 1 aromatic carbocycles. The molecule has 0 radical (unpaired) electrons. The standard InChI is InChI=1S/C9H9N3O2S2/c1-12(9-10-7-11-15-9)16(13,14)8-5-3-2-4-6-8/h2-7H,1H3. The van der Waals surface area contributed by atoms with Gasteiger partial charge in [-0.3, -0.25) is 0 Å². The third-order valence-corrected chi connectivity index (χ3v) is 4.64. The van der Waals surface area contributed by atoms with E-state index in [1.165, 1.54) is 13.4 Å². The molecule has 7 heteroatoms. The normalized spacial score (nSPS) is 11.3. The summed E-state index contributed by atoms with van der Waals surface area (Å²) in [5, 5.41) is 0.351. The quantitative estimate of drug-likeness (QED) is 0.830. The number of benzene rings is 1. The number of rotatable bonds is 3. The van der Waals surface area contributed by atoms with Crippen LogP contribution in [0, 0.1) is 0 Å². The summed E-state index contributed by atoms with van der Waals surface area (Å²) in [4.78, 5) is 4.11. The van der Waals surface area contributed by atoms with Crippen molar-refractivity contribution in [3.63, 3.8) is 0 Å². The van der Waals surface area contributed by atoms with Crippen LogP contribution in [0.3, 0.4) is 0 Å². The second kappa shape index (κ2) is 4.18. The van der Waals surface area contributed by atoms with Crippen molar-refractivity contribution in [2.75, 3.05) is 11.4 Å². The molecule has 0 atom stereocenters. The topological polar surface area (TPSA) is 63.2 Å². The van der Waals surface area contributed by atoms with Gasteiger partial charge in [-0.1, -0.05) is 18.2 Å². The number of sulfonamides is 1. The Hall–Kier alpha value is -1.47. The van der Waals surface area contributed by atoms with E-state index in [2.05, 4.69) is 9.36 Å². The number of nitrogens with zero attached hydrogens (tertiary/aromatic N) is 3. The summed E-state index contributed by atoms with van der Waals surface area (Å²) in [6.07, 6.45) is 1.33. The lowest BCUT2D eigenvalue weighted by Gasteiger charge is -2.15. The molecule has 0 N–H and O–H groups in total. The molecule has 0 aliphatic rings. The third kappa shape index (κ3) is 1.91. The van der Waals surface area contributed by atoms with E-state index in [9.17, 15) is 8.42 Å². The number of anilines is 1. The Bertz CT molecular complexity index is 552. The average molecular weight is 255 g/mol. The molecule has 84 valence electrons. The number of hydrogen-bond acceptors (Lipinski definition) is 5. The van der Waals surface area contributed by atoms with Crippen LogP contribution >= 0.6 is 11.5 Å². The zero-order chi connectivity index (χ0) is 11.6. The van der Waals surface area contributed by atoms with Gasteiger partial charge in [0.1, 0.15) is 6.33 Å². The number of hydrogen-bond donors (Lipinski definition) is 0. The highest BCUT2D eigenvalue weighted by atomic mass is 32.2. The Kier molecular flexibility index (Phi) is 2.88. The van der Waals surface area contributed by atoms with Gasteiger partial charge in [0.25, 0.3) is 10.0 Å². The molecule has 0 aliphatic carbocycles. The van der Waals surface area contributed by atoms with Gasteiger partial charge < -0.3 is 0 Å². The molecule has 1 heterocycles. The zero-order valence-electron chi connectivity index (χ0n) is 8.44. The fraction of sp³-hybridized carbons (Fsp3) is 0.111. The maximum atomic E-state index is 12.1. The van der Waals surface area contributed by atoms with Crippen molar-refractivity contribution >= 4 is 26.7 Å². The predicted octanol–water partition coefficient (Wildman–Crippen LogP) is 1.36. The molecule has 2 rings (SSSR count). The molecule has 16 heavy (non-hydrogen) atoms. The van der Waals surface area contributed by atoms with Crippen molar-refractivity contribution in [1.82, 2.24) is 9.36 Å². The Morgan fingerprint density at radius 1 is 1.25 bits per heavy atom. The minimum Gasteiger partial charge on any atom is -0.243 e. The highest BCUT2D eigenvalue weighted by Gasteiger charge is 2.22. The van der Waals surface area contributed by atoms with E-state index in [-0.39, 0.29) is 4.90 Å². The minimum atomic E-state index is -3.52. The second-order valence-electron chi connectivity index (χ2n) is 3.01. The van der Waals surface area contributed by atoms with Gasteiger partial charge in [0.15, 0.2) is 0 Å². The molecule has 0 saturated heterocycles. The van der Waals surface area contributed by atoms with Gasteiger partial charge in [0.2, 0.25) is 5.13 Å². The summed E-state index contributed by atoms with van der Waals surface area (Å²) >= 11 is 1.04. The Labute approximate surface area is 97.6 Å². The van der Waals surface area contributed by atoms with Crippen LogP contribution in [-0.4, -0.2) is 24.8 Å². The van der Waals surface area contributed by atoms with Crippen LogP contribution in [0.2, 0.25) is 0 Å². The first kappa shape index (κ1) is 11.0. The van der Waals surface area contributed by atoms with Crippen LogP contribution in [-0.2, 0) is 10.0 Å². The van der Waals surface area contributed by atoms with E-state index in [1.807, 2.05) is 0 Å². The highest BCUT2D eigenvalue weighted by Crippen LogP contribution is 2.21. The van der Waals surface area contributed by atoms with Crippen LogP contribution in [0.15, 0.2) is 41.6 Å². The van der Waals surface area contributed by atoms with Gasteiger partial charge in [-0.2, -0.15) is 4.37 Å². The van der Waals surface area contributed by atoms with Gasteiger partial charge in [0, 0.05) is 18.6 Å². The van der Waals surface area contributed by atoms with Gasteiger partial charge in [-0.25, -0.2) is 17.7 Å². The van der Waals surface area contributed by atoms with Crippen molar-refractivity contribution in [2.45, 2.75) is 4.90 Å². The van der Waals surface area contributed by atoms with Crippen molar-refractivity contribution < 1.29 is 8.42 Å². The first-order valence-electron chi connectivity index (χ1n) is 4.43. The molecule has 1 aromatic heterocycles. The lowest BCUT2D eigenvalue weighted by Crippen LogP contribution is -2.26. The Morgan fingerprint density at radius 2 is 1.94 bits per heavy atom. The molecule has 0 saturated carbocycles. The SMILES string of the molecule is CN(c1ncns1)S(=O)(=O)c1ccccc1. The van der Waals surface area contributed by atoms with Gasteiger partial charge in [0.05, 0.1) is 4.90 Å². The smallest absolute Gasteiger partial charge is 0.243 e. The third-order valence-electron chi connectivity index (χ3n) is 2.02. The van der Waals surface area contributed by atoms with Crippen molar-refractivity contribution in [1.29, 1.82) is 0 Å². The first-order valence-corrected chi connectivity index (χ1v) is 6.64. The van der Waals surface area contributed by atoms with Crippen molar-refractivity contribution in [3.05, 3.63) is 36.7 Å². The fourth-order valence-corrected chi connectivity index (χ4v) is 3.02. The monoisotopic (exact) mass is 255 g/mol. The predicted molar refractivity (Wildman–Crippen MR) is 61.9 cm³/mol. The molecule has 0 unspecified atom stereocenters. The van der Waals surface area contributed by atoms with Crippen molar-refractivity contribution in [2.24, 2.45) is 0 Å². The fourth-order valence-electron chi connectivity index (χ4n) is 1.16. The van der Waals surface area contributed by atoms with Crippen LogP contribution in [0.5, 0.6) is 0 Å². The molecule has 0 aliphatic heterocycles. The highest BCUT2D eigenvalue weighted by molar-refractivity contribution is 7.93. The van der Waals surface area contributed by atoms with Gasteiger partial charge in [-0.15, -0.1) is 0 Å². The molecular formula is C9H9N3O2S2. The molecule has 2 aromatic rings. The first-order chi connectivity index (χ1) is 7.62. The molecule has 0 spiro atoms. The van der Waals surface area contributed by atoms with Crippen LogP contribution < -0.4 is 4.31 Å². The Balaban J connectivity index is 2.41.